The van der Waals surface area contributed by atoms with Crippen LogP contribution in [-0.2, 0) is 0 Å². The minimum absolute atomic E-state index is 0.0730. The predicted octanol–water partition coefficient (Wildman–Crippen LogP) is 4.46. The molecule has 2 heterocycles. The van der Waals surface area contributed by atoms with Crippen molar-refractivity contribution in [2.24, 2.45) is 0 Å². The molecule has 2 aliphatic heterocycles. The van der Waals surface area contributed by atoms with Gasteiger partial charge in [0.15, 0.2) is 0 Å². The number of fused-ring (bicyclic) bond motifs is 1. The molecule has 0 amide bonds. The summed E-state index contributed by atoms with van der Waals surface area (Å²) in [5.41, 5.74) is 4.11. The van der Waals surface area contributed by atoms with Crippen LogP contribution in [0, 0.1) is 0 Å². The third-order valence-corrected chi connectivity index (χ3v) is 4.01. The van der Waals surface area contributed by atoms with Gasteiger partial charge in [-0.1, -0.05) is 30.8 Å². The summed E-state index contributed by atoms with van der Waals surface area (Å²) in [5.74, 6) is 0. The Bertz CT molecular complexity index is 858. The van der Waals surface area contributed by atoms with Crippen LogP contribution in [0.2, 0.25) is 0 Å². The van der Waals surface area contributed by atoms with Crippen molar-refractivity contribution in [2.75, 3.05) is 0 Å². The Balaban J connectivity index is 2.08. The molecule has 1 aliphatic carbocycles. The van der Waals surface area contributed by atoms with Gasteiger partial charge in [0.05, 0.1) is 5.56 Å². The SMILES string of the molecule is C=C1C=CC(Br)=CN1/C=C(\C)c1c2cccccc-2[nH]c1=O. The van der Waals surface area contributed by atoms with Gasteiger partial charge in [-0.25, -0.2) is 0 Å². The average Bonchev–Trinajstić information content (AvgIpc) is 2.64. The summed E-state index contributed by atoms with van der Waals surface area (Å²) in [4.78, 5) is 17.1. The highest BCUT2D eigenvalue weighted by Crippen LogP contribution is 2.28. The van der Waals surface area contributed by atoms with Crippen LogP contribution in [0.15, 0.2) is 76.4 Å². The van der Waals surface area contributed by atoms with Crippen LogP contribution in [0.4, 0.5) is 0 Å². The van der Waals surface area contributed by atoms with E-state index in [0.717, 1.165) is 27.0 Å². The van der Waals surface area contributed by atoms with E-state index in [1.165, 1.54) is 0 Å². The number of H-pyrrole nitrogens is 1. The third kappa shape index (κ3) is 2.70. The molecule has 0 saturated heterocycles. The first-order valence-electron chi connectivity index (χ1n) is 6.89. The van der Waals surface area contributed by atoms with Gasteiger partial charge < -0.3 is 9.88 Å². The molecule has 1 N–H and O–H groups in total. The molecule has 0 unspecified atom stereocenters. The molecular formula is C18H15BrN2O. The Morgan fingerprint density at radius 3 is 2.86 bits per heavy atom. The van der Waals surface area contributed by atoms with E-state index in [0.29, 0.717) is 5.56 Å². The largest absolute Gasteiger partial charge is 0.323 e. The molecular weight excluding hydrogens is 340 g/mol. The van der Waals surface area contributed by atoms with E-state index in [2.05, 4.69) is 27.5 Å². The number of aromatic nitrogens is 1. The van der Waals surface area contributed by atoms with Gasteiger partial charge in [-0.05, 0) is 46.6 Å². The monoisotopic (exact) mass is 354 g/mol. The molecule has 0 spiro atoms. The second-order valence-corrected chi connectivity index (χ2v) is 6.04. The Morgan fingerprint density at radius 1 is 1.27 bits per heavy atom. The number of hydrogen-bond donors (Lipinski definition) is 1. The summed E-state index contributed by atoms with van der Waals surface area (Å²) in [7, 11) is 0. The highest BCUT2D eigenvalue weighted by Gasteiger charge is 2.16. The van der Waals surface area contributed by atoms with Crippen molar-refractivity contribution in [3.8, 4) is 11.3 Å². The number of nitrogens with zero attached hydrogens (tertiary/aromatic N) is 1. The molecule has 3 rings (SSSR count). The summed E-state index contributed by atoms with van der Waals surface area (Å²) in [6.07, 6.45) is 7.70. The van der Waals surface area contributed by atoms with E-state index in [1.54, 1.807) is 0 Å². The second-order valence-electron chi connectivity index (χ2n) is 5.13. The van der Waals surface area contributed by atoms with Gasteiger partial charge in [0.1, 0.15) is 0 Å². The van der Waals surface area contributed by atoms with E-state index in [4.69, 9.17) is 0 Å². The first-order valence-corrected chi connectivity index (χ1v) is 7.68. The van der Waals surface area contributed by atoms with Crippen molar-refractivity contribution in [3.63, 3.8) is 0 Å². The zero-order valence-electron chi connectivity index (χ0n) is 12.1. The van der Waals surface area contributed by atoms with Crippen LogP contribution in [0.3, 0.4) is 0 Å². The van der Waals surface area contributed by atoms with Crippen molar-refractivity contribution < 1.29 is 0 Å². The molecule has 3 aliphatic rings. The molecule has 22 heavy (non-hydrogen) atoms. The standard InChI is InChI=1S/C18H15BrN2O/c1-12(10-21-11-14(19)9-8-13(21)2)17-15-6-4-3-5-7-16(15)20-18(17)22/h3-11H,2H2,1H3,(H,20,22)/b12-10+. The maximum atomic E-state index is 12.3. The fourth-order valence-corrected chi connectivity index (χ4v) is 2.84. The number of rotatable bonds is 2. The Labute approximate surface area is 137 Å². The summed E-state index contributed by atoms with van der Waals surface area (Å²) < 4.78 is 0.955. The Hall–Kier alpha value is -2.33. The molecule has 3 nitrogen and oxygen atoms in total. The van der Waals surface area contributed by atoms with Gasteiger partial charge in [0, 0.05) is 33.8 Å². The molecule has 0 radical (unpaired) electrons. The second kappa shape index (κ2) is 5.81. The van der Waals surface area contributed by atoms with Gasteiger partial charge in [-0.3, -0.25) is 4.79 Å². The van der Waals surface area contributed by atoms with Crippen molar-refractivity contribution in [1.29, 1.82) is 0 Å². The van der Waals surface area contributed by atoms with Crippen molar-refractivity contribution in [2.45, 2.75) is 6.92 Å². The molecule has 0 atom stereocenters. The summed E-state index contributed by atoms with van der Waals surface area (Å²) >= 11 is 3.45. The first kappa shape index (κ1) is 14.6. The van der Waals surface area contributed by atoms with Crippen molar-refractivity contribution in [1.82, 2.24) is 9.88 Å². The topological polar surface area (TPSA) is 36.1 Å². The lowest BCUT2D eigenvalue weighted by Crippen LogP contribution is -2.11. The fraction of sp³-hybridized carbons (Fsp3) is 0.0556. The predicted molar refractivity (Wildman–Crippen MR) is 94.5 cm³/mol. The van der Waals surface area contributed by atoms with Gasteiger partial charge in [0.2, 0.25) is 0 Å². The van der Waals surface area contributed by atoms with Crippen LogP contribution in [0.25, 0.3) is 16.8 Å². The average molecular weight is 355 g/mol. The maximum absolute atomic E-state index is 12.3. The Morgan fingerprint density at radius 2 is 2.05 bits per heavy atom. The van der Waals surface area contributed by atoms with Gasteiger partial charge in [-0.2, -0.15) is 0 Å². The van der Waals surface area contributed by atoms with Crippen LogP contribution >= 0.6 is 15.9 Å². The first-order chi connectivity index (χ1) is 10.6. The Kier molecular flexibility index (Phi) is 3.86. The molecule has 4 heteroatoms. The molecule has 0 aromatic rings. The fourth-order valence-electron chi connectivity index (χ4n) is 2.49. The molecule has 0 aromatic heterocycles. The van der Waals surface area contributed by atoms with Crippen LogP contribution in [0.1, 0.15) is 12.5 Å². The summed E-state index contributed by atoms with van der Waals surface area (Å²) in [6, 6.07) is 9.66. The normalized spacial score (nSPS) is 15.4. The summed E-state index contributed by atoms with van der Waals surface area (Å²) in [6.45, 7) is 5.94. The van der Waals surface area contributed by atoms with E-state index in [9.17, 15) is 4.79 Å². The zero-order valence-corrected chi connectivity index (χ0v) is 13.7. The number of hydrogen-bond acceptors (Lipinski definition) is 2. The van der Waals surface area contributed by atoms with E-state index < -0.39 is 0 Å². The van der Waals surface area contributed by atoms with Gasteiger partial charge >= 0.3 is 0 Å². The summed E-state index contributed by atoms with van der Waals surface area (Å²) in [5, 5.41) is 0. The van der Waals surface area contributed by atoms with Gasteiger partial charge in [0.25, 0.3) is 5.56 Å². The molecule has 110 valence electrons. The lowest BCUT2D eigenvalue weighted by Gasteiger charge is -2.20. The quantitative estimate of drug-likeness (QED) is 0.863. The lowest BCUT2D eigenvalue weighted by molar-refractivity contribution is 0.649. The molecule has 0 aromatic carbocycles. The number of halogens is 1. The smallest absolute Gasteiger partial charge is 0.256 e. The van der Waals surface area contributed by atoms with Crippen LogP contribution in [0.5, 0.6) is 0 Å². The molecule has 0 bridgehead atoms. The lowest BCUT2D eigenvalue weighted by atomic mass is 10.0. The van der Waals surface area contributed by atoms with Crippen LogP contribution in [-0.4, -0.2) is 9.88 Å². The van der Waals surface area contributed by atoms with Crippen molar-refractivity contribution in [3.05, 3.63) is 87.6 Å². The molecule has 0 fully saturated rings. The highest BCUT2D eigenvalue weighted by molar-refractivity contribution is 9.11. The number of nitrogens with one attached hydrogen (secondary N) is 1. The van der Waals surface area contributed by atoms with E-state index in [-0.39, 0.29) is 5.56 Å². The van der Waals surface area contributed by atoms with E-state index >= 15 is 0 Å². The van der Waals surface area contributed by atoms with Gasteiger partial charge in [-0.15, -0.1) is 0 Å². The number of allylic oxidation sites excluding steroid dienone is 4. The van der Waals surface area contributed by atoms with E-state index in [1.807, 2.05) is 66.7 Å². The third-order valence-electron chi connectivity index (χ3n) is 3.54. The van der Waals surface area contributed by atoms with Crippen LogP contribution < -0.4 is 5.56 Å². The zero-order chi connectivity index (χ0) is 15.7. The number of aromatic amines is 1. The maximum Gasteiger partial charge on any atom is 0.256 e. The highest BCUT2D eigenvalue weighted by atomic mass is 79.9. The van der Waals surface area contributed by atoms with Crippen molar-refractivity contribution >= 4 is 21.5 Å². The minimum atomic E-state index is -0.0730. The minimum Gasteiger partial charge on any atom is -0.323 e. The molecule has 0 saturated carbocycles.